The Morgan fingerprint density at radius 3 is 1.95 bits per heavy atom. The zero-order valence-electron chi connectivity index (χ0n) is 23.1. The van der Waals surface area contributed by atoms with Crippen LogP contribution in [0.25, 0.3) is 43.5 Å². The Morgan fingerprint density at radius 1 is 0.714 bits per heavy atom. The summed E-state index contributed by atoms with van der Waals surface area (Å²) in [6, 6.07) is 35.2. The fourth-order valence-electron chi connectivity index (χ4n) is 6.02. The van der Waals surface area contributed by atoms with E-state index in [1.165, 1.54) is 0 Å². The molecule has 0 aliphatic carbocycles. The first-order valence-electron chi connectivity index (χ1n) is 14.1. The molecule has 0 N–H and O–H groups in total. The second-order valence-electron chi connectivity index (χ2n) is 11.1. The first-order chi connectivity index (χ1) is 20.5. The lowest BCUT2D eigenvalue weighted by atomic mass is 9.99. The molecule has 0 unspecified atom stereocenters. The van der Waals surface area contributed by atoms with Crippen molar-refractivity contribution in [3.63, 3.8) is 0 Å². The molecule has 0 radical (unpaired) electrons. The van der Waals surface area contributed by atoms with Gasteiger partial charge in [0.15, 0.2) is 12.1 Å². The van der Waals surface area contributed by atoms with Crippen molar-refractivity contribution in [3.8, 4) is 0 Å². The summed E-state index contributed by atoms with van der Waals surface area (Å²) in [5.41, 5.74) is 1.48. The smallest absolute Gasteiger partial charge is 0.387 e. The Labute approximate surface area is 248 Å². The van der Waals surface area contributed by atoms with Crippen molar-refractivity contribution in [2.75, 3.05) is 6.61 Å². The summed E-state index contributed by atoms with van der Waals surface area (Å²) in [4.78, 5) is 1.14. The molecule has 5 aromatic carbocycles. The topological polar surface area (TPSA) is 63.2 Å². The number of hydrogen-bond donors (Lipinski definition) is 0. The zero-order chi connectivity index (χ0) is 28.3. The predicted octanol–water partition coefficient (Wildman–Crippen LogP) is 9.06. The van der Waals surface area contributed by atoms with Gasteiger partial charge in [0.05, 0.1) is 11.9 Å². The van der Waals surface area contributed by atoms with E-state index in [0.29, 0.717) is 0 Å². The van der Waals surface area contributed by atoms with Crippen LogP contribution in [-0.4, -0.2) is 36.1 Å². The van der Waals surface area contributed by atoms with Crippen molar-refractivity contribution in [2.24, 2.45) is 0 Å². The summed E-state index contributed by atoms with van der Waals surface area (Å²) in [7, 11) is -1.78. The second kappa shape index (κ2) is 10.5. The Bertz CT molecular complexity index is 1880. The number of ether oxygens (including phenoxy) is 3. The normalized spacial score (nSPS) is 23.2. The molecule has 0 spiro atoms. The fourth-order valence-corrected chi connectivity index (χ4v) is 8.29. The summed E-state index contributed by atoms with van der Waals surface area (Å²) in [6.07, 6.45) is -0.967. The van der Waals surface area contributed by atoms with E-state index in [-0.39, 0.29) is 24.1 Å². The summed E-state index contributed by atoms with van der Waals surface area (Å²) in [5.74, 6) is -0.701. The van der Waals surface area contributed by atoms with Crippen LogP contribution >= 0.6 is 20.0 Å². The molecule has 3 heterocycles. The van der Waals surface area contributed by atoms with Crippen LogP contribution in [0.15, 0.2) is 116 Å². The predicted molar refractivity (Wildman–Crippen MR) is 168 cm³/mol. The van der Waals surface area contributed by atoms with Gasteiger partial charge in [0, 0.05) is 15.7 Å². The first kappa shape index (κ1) is 26.3. The van der Waals surface area contributed by atoms with Crippen molar-refractivity contribution in [3.05, 3.63) is 103 Å². The van der Waals surface area contributed by atoms with Crippen molar-refractivity contribution in [2.45, 2.75) is 48.3 Å². The van der Waals surface area contributed by atoms with Crippen LogP contribution in [0.4, 0.5) is 0 Å². The molecular weight excluding hydrogens is 567 g/mol. The van der Waals surface area contributed by atoms with Crippen LogP contribution in [0.1, 0.15) is 13.8 Å². The van der Waals surface area contributed by atoms with Gasteiger partial charge in [-0.1, -0.05) is 78.9 Å². The van der Waals surface area contributed by atoms with Gasteiger partial charge < -0.3 is 22.6 Å². The molecule has 2 saturated heterocycles. The van der Waals surface area contributed by atoms with Gasteiger partial charge in [0.2, 0.25) is 0 Å². The van der Waals surface area contributed by atoms with E-state index in [0.717, 1.165) is 48.4 Å². The summed E-state index contributed by atoms with van der Waals surface area (Å²) >= 11 is 1.72. The molecule has 0 amide bonds. The molecule has 42 heavy (non-hydrogen) atoms. The Kier molecular flexibility index (Phi) is 6.56. The minimum atomic E-state index is -1.78. The van der Waals surface area contributed by atoms with Crippen LogP contribution < -0.4 is 4.52 Å². The molecule has 4 atom stereocenters. The number of fused-ring (bicyclic) bond motifs is 8. The molecule has 6 nitrogen and oxygen atoms in total. The third kappa shape index (κ3) is 4.71. The molecule has 6 aromatic rings. The van der Waals surface area contributed by atoms with E-state index in [9.17, 15) is 0 Å². The van der Waals surface area contributed by atoms with E-state index >= 15 is 0 Å². The third-order valence-electron chi connectivity index (χ3n) is 7.82. The molecule has 2 aliphatic rings. The fraction of sp³-hybridized carbons (Fsp3) is 0.235. The highest BCUT2D eigenvalue weighted by Gasteiger charge is 2.55. The van der Waals surface area contributed by atoms with Gasteiger partial charge in [-0.15, -0.1) is 11.8 Å². The Balaban J connectivity index is 1.21. The number of hydrogen-bond acceptors (Lipinski definition) is 7. The standard InChI is InChI=1S/C34H29O6PS/c1-34(2)37-31-32(42-23-12-4-3-5-13-23)28(36-33(31)38-34)20-35-41-39-26-18-16-21-10-6-8-14-24(21)29(26)30-25-15-9-7-11-22(25)17-19-27(30)40-41/h3-19,28,31-33H,20H2,1-2H3/t28-,31-,32-,33-/m1/s1. The minimum Gasteiger partial charge on any atom is -0.399 e. The maximum Gasteiger partial charge on any atom is 0.387 e. The molecule has 8 rings (SSSR count). The summed E-state index contributed by atoms with van der Waals surface area (Å²) in [6.45, 7) is 4.11. The number of benzene rings is 5. The van der Waals surface area contributed by atoms with E-state index in [4.69, 9.17) is 27.1 Å². The van der Waals surface area contributed by atoms with Gasteiger partial charge in [-0.05, 0) is 59.7 Å². The van der Waals surface area contributed by atoms with Gasteiger partial charge in [-0.2, -0.15) is 0 Å². The maximum absolute atomic E-state index is 6.53. The average molecular weight is 597 g/mol. The van der Waals surface area contributed by atoms with Gasteiger partial charge in [0.1, 0.15) is 23.4 Å². The highest BCUT2D eigenvalue weighted by molar-refractivity contribution is 8.00. The SMILES string of the molecule is CC1(C)O[C@H]2O[C@H](COp3oc4ccc5ccccc5c4c4c(ccc5ccccc54)o3)[C@@H](Sc3ccccc3)[C@H]2O1. The molecule has 0 bridgehead atoms. The van der Waals surface area contributed by atoms with E-state index in [1.807, 2.05) is 44.2 Å². The highest BCUT2D eigenvalue weighted by Crippen LogP contribution is 2.45. The molecule has 8 heteroatoms. The Hall–Kier alpha value is -3.29. The lowest BCUT2D eigenvalue weighted by Gasteiger charge is -2.25. The summed E-state index contributed by atoms with van der Waals surface area (Å²) in [5, 5.41) is 6.49. The minimum absolute atomic E-state index is 0.0337. The molecule has 212 valence electrons. The zero-order valence-corrected chi connectivity index (χ0v) is 24.8. The van der Waals surface area contributed by atoms with Crippen molar-refractivity contribution >= 4 is 63.5 Å². The lowest BCUT2D eigenvalue weighted by Crippen LogP contribution is -2.35. The molecule has 2 aliphatic heterocycles. The molecule has 0 saturated carbocycles. The molecule has 1 aromatic heterocycles. The second-order valence-corrected chi connectivity index (χ2v) is 13.4. The summed E-state index contributed by atoms with van der Waals surface area (Å²) < 4.78 is 38.3. The van der Waals surface area contributed by atoms with Crippen LogP contribution in [0, 0.1) is 0 Å². The van der Waals surface area contributed by atoms with Gasteiger partial charge in [-0.3, -0.25) is 4.52 Å². The largest absolute Gasteiger partial charge is 0.399 e. The number of thioether (sulfide) groups is 1. The Morgan fingerprint density at radius 2 is 1.31 bits per heavy atom. The van der Waals surface area contributed by atoms with Crippen molar-refractivity contribution in [1.29, 1.82) is 0 Å². The van der Waals surface area contributed by atoms with E-state index in [2.05, 4.69) is 72.8 Å². The van der Waals surface area contributed by atoms with Gasteiger partial charge >= 0.3 is 8.24 Å². The molecular formula is C34H29O6PS. The van der Waals surface area contributed by atoms with Crippen molar-refractivity contribution < 1.29 is 27.1 Å². The van der Waals surface area contributed by atoms with Crippen molar-refractivity contribution in [1.82, 2.24) is 0 Å². The monoisotopic (exact) mass is 596 g/mol. The quantitative estimate of drug-likeness (QED) is 0.197. The van der Waals surface area contributed by atoms with Crippen LogP contribution in [0.2, 0.25) is 0 Å². The third-order valence-corrected chi connectivity index (χ3v) is 10.3. The van der Waals surface area contributed by atoms with Crippen LogP contribution in [0.3, 0.4) is 0 Å². The van der Waals surface area contributed by atoms with E-state index < -0.39 is 20.3 Å². The van der Waals surface area contributed by atoms with Gasteiger partial charge in [0.25, 0.3) is 0 Å². The molecule has 2 fully saturated rings. The average Bonchev–Trinajstić information content (AvgIpc) is 3.40. The first-order valence-corrected chi connectivity index (χ1v) is 16.1. The van der Waals surface area contributed by atoms with Crippen LogP contribution in [0.5, 0.6) is 0 Å². The van der Waals surface area contributed by atoms with Gasteiger partial charge in [-0.25, -0.2) is 0 Å². The van der Waals surface area contributed by atoms with Crippen LogP contribution in [-0.2, 0) is 14.2 Å². The highest BCUT2D eigenvalue weighted by atomic mass is 32.2. The lowest BCUT2D eigenvalue weighted by molar-refractivity contribution is -0.205. The number of rotatable bonds is 5. The maximum atomic E-state index is 6.53. The van der Waals surface area contributed by atoms with E-state index in [1.54, 1.807) is 11.8 Å².